The van der Waals surface area contributed by atoms with Crippen molar-refractivity contribution in [1.29, 1.82) is 0 Å². The van der Waals surface area contributed by atoms with Crippen LogP contribution in [0.4, 0.5) is 5.69 Å². The van der Waals surface area contributed by atoms with E-state index >= 15 is 0 Å². The van der Waals surface area contributed by atoms with Gasteiger partial charge in [-0.05, 0) is 57.2 Å². The molecule has 4 aromatic rings. The van der Waals surface area contributed by atoms with Gasteiger partial charge in [0.25, 0.3) is 0 Å². The van der Waals surface area contributed by atoms with Gasteiger partial charge in [0.15, 0.2) is 17.6 Å². The van der Waals surface area contributed by atoms with E-state index in [0.29, 0.717) is 5.71 Å². The van der Waals surface area contributed by atoms with E-state index in [1.165, 1.54) is 27.8 Å². The molecule has 3 aromatic heterocycles. The molecule has 4 nitrogen and oxygen atoms in total. The number of allylic oxidation sites excluding steroid dienone is 1. The summed E-state index contributed by atoms with van der Waals surface area (Å²) in [6.45, 7) is 6.46. The quantitative estimate of drug-likeness (QED) is 0.377. The van der Waals surface area contributed by atoms with Crippen LogP contribution in [0.25, 0.3) is 28.3 Å². The maximum atomic E-state index is 6.10. The maximum Gasteiger partial charge on any atom is 0.399 e. The van der Waals surface area contributed by atoms with Crippen molar-refractivity contribution >= 4 is 35.3 Å². The van der Waals surface area contributed by atoms with Crippen LogP contribution < -0.4 is 15.0 Å². The van der Waals surface area contributed by atoms with Crippen molar-refractivity contribution in [3.63, 3.8) is 0 Å². The fraction of sp³-hybridized carbons (Fsp3) is 0.200. The van der Waals surface area contributed by atoms with Gasteiger partial charge in [-0.2, -0.15) is 0 Å². The van der Waals surface area contributed by atoms with Crippen LogP contribution >= 0.6 is 0 Å². The number of aromatic nitrogens is 2. The SMILES string of the molecule is CC1=Cc2oc3nc(C)ccc3c2N(C)B1c1cc(-c2ccccc2)c(C)c[n+]1C. The van der Waals surface area contributed by atoms with E-state index < -0.39 is 0 Å². The highest BCUT2D eigenvalue weighted by Gasteiger charge is 2.39. The Balaban J connectivity index is 1.68. The largest absolute Gasteiger partial charge is 0.436 e. The lowest BCUT2D eigenvalue weighted by Gasteiger charge is -2.29. The Morgan fingerprint density at radius 1 is 1.03 bits per heavy atom. The zero-order valence-corrected chi connectivity index (χ0v) is 18.1. The van der Waals surface area contributed by atoms with Crippen LogP contribution in [0, 0.1) is 13.8 Å². The Kier molecular flexibility index (Phi) is 4.28. The van der Waals surface area contributed by atoms with Gasteiger partial charge < -0.3 is 9.23 Å². The van der Waals surface area contributed by atoms with E-state index in [1.807, 2.05) is 13.0 Å². The monoisotopic (exact) mass is 394 g/mol. The number of pyridine rings is 2. The highest BCUT2D eigenvalue weighted by atomic mass is 16.3. The first-order valence-electron chi connectivity index (χ1n) is 10.3. The molecule has 5 rings (SSSR count). The van der Waals surface area contributed by atoms with Crippen molar-refractivity contribution in [2.45, 2.75) is 20.8 Å². The van der Waals surface area contributed by atoms with Crippen LogP contribution in [0.1, 0.15) is 23.9 Å². The van der Waals surface area contributed by atoms with Gasteiger partial charge in [-0.15, -0.1) is 0 Å². The Hall–Kier alpha value is -3.34. The Morgan fingerprint density at radius 3 is 2.57 bits per heavy atom. The maximum absolute atomic E-state index is 6.10. The number of fused-ring (bicyclic) bond motifs is 3. The molecule has 0 saturated carbocycles. The van der Waals surface area contributed by atoms with Crippen molar-refractivity contribution in [3.8, 4) is 11.1 Å². The standard InChI is InChI=1S/C25H25BN3O/c1-16-15-28(4)23(14-21(16)19-9-7-6-8-10-19)26-17(2)13-22-24(29(26)5)20-12-11-18(3)27-25(20)30-22/h6-15H,1-5H3/q+1. The third kappa shape index (κ3) is 2.85. The van der Waals surface area contributed by atoms with Crippen LogP contribution in [-0.4, -0.2) is 18.9 Å². The molecule has 1 aliphatic heterocycles. The number of hydrogen-bond acceptors (Lipinski definition) is 3. The molecule has 0 radical (unpaired) electrons. The fourth-order valence-corrected chi connectivity index (χ4v) is 4.69. The van der Waals surface area contributed by atoms with Gasteiger partial charge in [0, 0.05) is 17.3 Å². The average molecular weight is 394 g/mol. The number of anilines is 1. The van der Waals surface area contributed by atoms with Gasteiger partial charge in [0.2, 0.25) is 5.71 Å². The second-order valence-electron chi connectivity index (χ2n) is 8.29. The third-order valence-corrected chi connectivity index (χ3v) is 6.10. The van der Waals surface area contributed by atoms with E-state index in [9.17, 15) is 0 Å². The molecule has 0 bridgehead atoms. The lowest BCUT2D eigenvalue weighted by atomic mass is 9.49. The highest BCUT2D eigenvalue weighted by molar-refractivity contribution is 6.83. The fourth-order valence-electron chi connectivity index (χ4n) is 4.69. The van der Waals surface area contributed by atoms with Crippen molar-refractivity contribution in [1.82, 2.24) is 4.98 Å². The van der Waals surface area contributed by atoms with Gasteiger partial charge in [-0.3, -0.25) is 0 Å². The number of furan rings is 1. The number of benzene rings is 1. The molecule has 0 unspecified atom stereocenters. The smallest absolute Gasteiger partial charge is 0.399 e. The molecule has 30 heavy (non-hydrogen) atoms. The van der Waals surface area contributed by atoms with Crippen molar-refractivity contribution in [2.75, 3.05) is 11.9 Å². The van der Waals surface area contributed by atoms with Gasteiger partial charge in [0.1, 0.15) is 7.05 Å². The van der Waals surface area contributed by atoms with Gasteiger partial charge in [-0.1, -0.05) is 35.8 Å². The van der Waals surface area contributed by atoms with Crippen molar-refractivity contribution in [3.05, 3.63) is 77.2 Å². The average Bonchev–Trinajstić information content (AvgIpc) is 3.07. The minimum atomic E-state index is 0.118. The second-order valence-corrected chi connectivity index (χ2v) is 8.29. The van der Waals surface area contributed by atoms with Crippen LogP contribution in [0.5, 0.6) is 0 Å². The molecule has 1 aliphatic rings. The molecule has 0 fully saturated rings. The molecule has 0 spiro atoms. The van der Waals surface area contributed by atoms with E-state index in [-0.39, 0.29) is 6.85 Å². The first-order chi connectivity index (χ1) is 14.4. The lowest BCUT2D eigenvalue weighted by Crippen LogP contribution is -2.62. The summed E-state index contributed by atoms with van der Waals surface area (Å²) in [5.74, 6) is 0.886. The number of rotatable bonds is 2. The van der Waals surface area contributed by atoms with Crippen LogP contribution in [-0.2, 0) is 7.05 Å². The number of nitrogens with zero attached hydrogens (tertiary/aromatic N) is 3. The van der Waals surface area contributed by atoms with E-state index in [4.69, 9.17) is 4.42 Å². The zero-order valence-electron chi connectivity index (χ0n) is 18.1. The number of hydrogen-bond donors (Lipinski definition) is 0. The molecule has 0 N–H and O–H groups in total. The minimum Gasteiger partial charge on any atom is -0.436 e. The second kappa shape index (κ2) is 6.87. The molecule has 0 aliphatic carbocycles. The molecule has 148 valence electrons. The summed E-state index contributed by atoms with van der Waals surface area (Å²) in [6, 6.07) is 17.1. The van der Waals surface area contributed by atoms with E-state index in [2.05, 4.69) is 97.0 Å². The molecule has 0 saturated heterocycles. The van der Waals surface area contributed by atoms with Crippen LogP contribution in [0.2, 0.25) is 0 Å². The normalized spacial score (nSPS) is 13.6. The van der Waals surface area contributed by atoms with Crippen LogP contribution in [0.15, 0.2) is 64.6 Å². The molecule has 0 atom stereocenters. The Bertz CT molecular complexity index is 1310. The summed E-state index contributed by atoms with van der Waals surface area (Å²) in [5.41, 5.74) is 9.04. The van der Waals surface area contributed by atoms with Gasteiger partial charge in [-0.25, -0.2) is 9.55 Å². The highest BCUT2D eigenvalue weighted by Crippen LogP contribution is 2.38. The first kappa shape index (κ1) is 18.7. The minimum absolute atomic E-state index is 0.118. The summed E-state index contributed by atoms with van der Waals surface area (Å²) < 4.78 is 8.35. The lowest BCUT2D eigenvalue weighted by molar-refractivity contribution is -0.654. The molecule has 4 heterocycles. The summed E-state index contributed by atoms with van der Waals surface area (Å²) in [6.07, 6.45) is 4.39. The summed E-state index contributed by atoms with van der Waals surface area (Å²) in [5, 5.41) is 1.06. The Labute approximate surface area is 177 Å². The predicted molar refractivity (Wildman–Crippen MR) is 124 cm³/mol. The van der Waals surface area contributed by atoms with Gasteiger partial charge >= 0.3 is 6.85 Å². The van der Waals surface area contributed by atoms with Crippen molar-refractivity contribution < 1.29 is 8.98 Å². The predicted octanol–water partition coefficient (Wildman–Crippen LogP) is 4.23. The zero-order chi connectivity index (χ0) is 21.0. The van der Waals surface area contributed by atoms with E-state index in [1.54, 1.807) is 0 Å². The number of aryl methyl sites for hydroxylation is 3. The topological polar surface area (TPSA) is 33.2 Å². The summed E-state index contributed by atoms with van der Waals surface area (Å²) in [4.78, 5) is 6.92. The van der Waals surface area contributed by atoms with Crippen molar-refractivity contribution in [2.24, 2.45) is 7.05 Å². The van der Waals surface area contributed by atoms with Crippen LogP contribution in [0.3, 0.4) is 0 Å². The van der Waals surface area contributed by atoms with E-state index in [0.717, 1.165) is 22.5 Å². The molecule has 1 aromatic carbocycles. The third-order valence-electron chi connectivity index (χ3n) is 6.10. The molecule has 0 amide bonds. The molecular weight excluding hydrogens is 369 g/mol. The molecular formula is C25H25BN3O+. The summed E-state index contributed by atoms with van der Waals surface area (Å²) >= 11 is 0. The van der Waals surface area contributed by atoms with Gasteiger partial charge in [0.05, 0.1) is 11.1 Å². The summed E-state index contributed by atoms with van der Waals surface area (Å²) in [7, 11) is 4.28. The molecule has 5 heteroatoms. The Morgan fingerprint density at radius 2 is 1.80 bits per heavy atom. The first-order valence-corrected chi connectivity index (χ1v) is 10.3.